The molecular weight excluding hydrogens is 328 g/mol. The van der Waals surface area contributed by atoms with E-state index in [-0.39, 0.29) is 11.0 Å². The van der Waals surface area contributed by atoms with Gasteiger partial charge < -0.3 is 0 Å². The zero-order chi connectivity index (χ0) is 16.9. The van der Waals surface area contributed by atoms with E-state index in [1.165, 1.54) is 36.8 Å². The number of benzene rings is 1. The fourth-order valence-corrected chi connectivity index (χ4v) is 6.03. The Morgan fingerprint density at radius 1 is 1.04 bits per heavy atom. The molecule has 0 radical (unpaired) electrons. The number of aromatic nitrogens is 2. The van der Waals surface area contributed by atoms with Crippen molar-refractivity contribution in [1.29, 1.82) is 0 Å². The highest BCUT2D eigenvalue weighted by Crippen LogP contribution is 2.48. The summed E-state index contributed by atoms with van der Waals surface area (Å²) in [6.07, 6.45) is 9.42. The lowest BCUT2D eigenvalue weighted by atomic mass is 9.65. The second-order valence-electron chi connectivity index (χ2n) is 7.81. The normalized spacial score (nSPS) is 21.1. The maximum atomic E-state index is 13.6. The molecule has 4 heteroatoms. The second kappa shape index (κ2) is 6.01. The minimum atomic E-state index is 0.00835. The summed E-state index contributed by atoms with van der Waals surface area (Å²) in [7, 11) is 0. The maximum absolute atomic E-state index is 13.6. The van der Waals surface area contributed by atoms with Gasteiger partial charge in [0.05, 0.1) is 11.3 Å². The predicted octanol–water partition coefficient (Wildman–Crippen LogP) is 4.55. The van der Waals surface area contributed by atoms with Gasteiger partial charge in [-0.05, 0) is 31.2 Å². The van der Waals surface area contributed by atoms with Gasteiger partial charge in [0.15, 0.2) is 5.16 Å². The van der Waals surface area contributed by atoms with Crippen molar-refractivity contribution in [3.8, 4) is 11.3 Å². The van der Waals surface area contributed by atoms with Crippen molar-refractivity contribution in [2.24, 2.45) is 0 Å². The number of rotatable bonds is 0. The van der Waals surface area contributed by atoms with Gasteiger partial charge >= 0.3 is 0 Å². The molecule has 5 rings (SSSR count). The molecule has 0 atom stereocenters. The third-order valence-electron chi connectivity index (χ3n) is 6.28. The molecular formula is C21H24N2OS. The molecule has 1 aromatic carbocycles. The van der Waals surface area contributed by atoms with Crippen molar-refractivity contribution in [2.75, 3.05) is 5.75 Å². The molecule has 0 bridgehead atoms. The Kier molecular flexibility index (Phi) is 3.77. The van der Waals surface area contributed by atoms with Crippen LogP contribution in [0.25, 0.3) is 11.3 Å². The number of fused-ring (bicyclic) bond motifs is 5. The number of hydrogen-bond donors (Lipinski definition) is 0. The molecule has 2 aliphatic carbocycles. The average molecular weight is 353 g/mol. The van der Waals surface area contributed by atoms with Crippen molar-refractivity contribution in [3.05, 3.63) is 45.7 Å². The summed E-state index contributed by atoms with van der Waals surface area (Å²) in [4.78, 5) is 18.6. The third-order valence-corrected chi connectivity index (χ3v) is 7.35. The zero-order valence-corrected chi connectivity index (χ0v) is 15.4. The van der Waals surface area contributed by atoms with Gasteiger partial charge in [-0.25, -0.2) is 4.98 Å². The second-order valence-corrected chi connectivity index (χ2v) is 8.87. The van der Waals surface area contributed by atoms with Crippen LogP contribution in [0.2, 0.25) is 0 Å². The van der Waals surface area contributed by atoms with Crippen LogP contribution in [0.4, 0.5) is 0 Å². The van der Waals surface area contributed by atoms with E-state index in [2.05, 4.69) is 24.3 Å². The first-order chi connectivity index (χ1) is 12.3. The Labute approximate surface area is 152 Å². The quantitative estimate of drug-likeness (QED) is 0.652. The molecule has 3 nitrogen and oxygen atoms in total. The number of thioether (sulfide) groups is 1. The van der Waals surface area contributed by atoms with Crippen molar-refractivity contribution >= 4 is 11.8 Å². The molecule has 1 spiro atoms. The molecule has 2 heterocycles. The van der Waals surface area contributed by atoms with Crippen molar-refractivity contribution in [1.82, 2.24) is 9.55 Å². The van der Waals surface area contributed by atoms with E-state index in [0.717, 1.165) is 54.4 Å². The Morgan fingerprint density at radius 2 is 1.84 bits per heavy atom. The van der Waals surface area contributed by atoms with E-state index in [1.54, 1.807) is 11.8 Å². The molecule has 25 heavy (non-hydrogen) atoms. The Morgan fingerprint density at radius 3 is 2.68 bits per heavy atom. The van der Waals surface area contributed by atoms with E-state index < -0.39 is 0 Å². The summed E-state index contributed by atoms with van der Waals surface area (Å²) in [6.45, 7) is 0.833. The third kappa shape index (κ3) is 2.41. The Bertz CT molecular complexity index is 878. The molecule has 1 fully saturated rings. The Hall–Kier alpha value is -1.55. The van der Waals surface area contributed by atoms with Gasteiger partial charge in [0.1, 0.15) is 0 Å². The molecule has 1 saturated carbocycles. The van der Waals surface area contributed by atoms with E-state index in [1.807, 2.05) is 4.57 Å². The SMILES string of the molecule is O=c1c2c(nc3n1CCCS3)-c1ccccc1CC21CCCCCC1. The minimum absolute atomic E-state index is 0.00835. The molecule has 1 aliphatic heterocycles. The number of hydrogen-bond acceptors (Lipinski definition) is 3. The van der Waals surface area contributed by atoms with Gasteiger partial charge in [0.25, 0.3) is 5.56 Å². The van der Waals surface area contributed by atoms with Crippen LogP contribution in [-0.4, -0.2) is 15.3 Å². The van der Waals surface area contributed by atoms with Crippen LogP contribution in [0.3, 0.4) is 0 Å². The first-order valence-corrected chi connectivity index (χ1v) is 10.6. The van der Waals surface area contributed by atoms with Gasteiger partial charge in [-0.15, -0.1) is 0 Å². The average Bonchev–Trinajstić information content (AvgIpc) is 2.88. The maximum Gasteiger partial charge on any atom is 0.258 e. The van der Waals surface area contributed by atoms with E-state index >= 15 is 0 Å². The van der Waals surface area contributed by atoms with Crippen molar-refractivity contribution < 1.29 is 0 Å². The predicted molar refractivity (Wildman–Crippen MR) is 102 cm³/mol. The largest absolute Gasteiger partial charge is 0.287 e. The van der Waals surface area contributed by atoms with E-state index in [4.69, 9.17) is 4.98 Å². The molecule has 0 unspecified atom stereocenters. The van der Waals surface area contributed by atoms with Crippen LogP contribution in [0.15, 0.2) is 34.2 Å². The van der Waals surface area contributed by atoms with E-state index in [9.17, 15) is 4.79 Å². The molecule has 3 aliphatic rings. The van der Waals surface area contributed by atoms with Gasteiger partial charge in [-0.1, -0.05) is 61.7 Å². The lowest BCUT2D eigenvalue weighted by Gasteiger charge is -2.39. The fraction of sp³-hybridized carbons (Fsp3) is 0.524. The van der Waals surface area contributed by atoms with Gasteiger partial charge in [0.2, 0.25) is 0 Å². The fourth-order valence-electron chi connectivity index (χ4n) is 5.09. The highest BCUT2D eigenvalue weighted by molar-refractivity contribution is 7.99. The van der Waals surface area contributed by atoms with Crippen LogP contribution < -0.4 is 5.56 Å². The lowest BCUT2D eigenvalue weighted by molar-refractivity contribution is 0.352. The zero-order valence-electron chi connectivity index (χ0n) is 14.6. The molecule has 130 valence electrons. The van der Waals surface area contributed by atoms with Gasteiger partial charge in [-0.2, -0.15) is 0 Å². The van der Waals surface area contributed by atoms with Crippen LogP contribution in [-0.2, 0) is 18.4 Å². The summed E-state index contributed by atoms with van der Waals surface area (Å²) in [5.41, 5.74) is 4.87. The van der Waals surface area contributed by atoms with Gasteiger partial charge in [0, 0.05) is 23.3 Å². The van der Waals surface area contributed by atoms with Crippen LogP contribution >= 0.6 is 11.8 Å². The summed E-state index contributed by atoms with van der Waals surface area (Å²) in [6, 6.07) is 8.62. The Balaban J connectivity index is 1.81. The van der Waals surface area contributed by atoms with Crippen LogP contribution in [0.1, 0.15) is 56.1 Å². The van der Waals surface area contributed by atoms with Crippen LogP contribution in [0.5, 0.6) is 0 Å². The molecule has 0 saturated heterocycles. The topological polar surface area (TPSA) is 34.9 Å². The first-order valence-electron chi connectivity index (χ1n) is 9.65. The van der Waals surface area contributed by atoms with Crippen LogP contribution in [0, 0.1) is 0 Å². The number of nitrogens with zero attached hydrogens (tertiary/aromatic N) is 2. The smallest absolute Gasteiger partial charge is 0.258 e. The first kappa shape index (κ1) is 15.7. The summed E-state index contributed by atoms with van der Waals surface area (Å²) in [5, 5.41) is 0.926. The molecule has 2 aromatic rings. The van der Waals surface area contributed by atoms with Gasteiger partial charge in [-0.3, -0.25) is 9.36 Å². The van der Waals surface area contributed by atoms with E-state index in [0.29, 0.717) is 0 Å². The minimum Gasteiger partial charge on any atom is -0.287 e. The molecule has 1 aromatic heterocycles. The molecule has 0 amide bonds. The summed E-state index contributed by atoms with van der Waals surface area (Å²) < 4.78 is 1.97. The highest BCUT2D eigenvalue weighted by atomic mass is 32.2. The monoisotopic (exact) mass is 352 g/mol. The standard InChI is InChI=1S/C21H24N2OS/c24-19-17-18(22-20-23(19)12-7-13-25-20)16-9-4-3-8-15(16)14-21(17)10-5-1-2-6-11-21/h3-4,8-9H,1-2,5-7,10-14H2. The highest BCUT2D eigenvalue weighted by Gasteiger charge is 2.42. The summed E-state index contributed by atoms with van der Waals surface area (Å²) in [5.74, 6) is 1.07. The summed E-state index contributed by atoms with van der Waals surface area (Å²) >= 11 is 1.74. The molecule has 0 N–H and O–H groups in total. The van der Waals surface area contributed by atoms with Crippen molar-refractivity contribution in [3.63, 3.8) is 0 Å². The lowest BCUT2D eigenvalue weighted by Crippen LogP contribution is -2.42. The van der Waals surface area contributed by atoms with Crippen molar-refractivity contribution in [2.45, 2.75) is 68.5 Å².